The fourth-order valence-electron chi connectivity index (χ4n) is 2.00. The van der Waals surface area contributed by atoms with Gasteiger partial charge in [-0.2, -0.15) is 5.26 Å². The van der Waals surface area contributed by atoms with Gasteiger partial charge in [0.15, 0.2) is 6.54 Å². The molecular formula is C16H20N5O2S+. The summed E-state index contributed by atoms with van der Waals surface area (Å²) in [6.07, 6.45) is 2.45. The molecule has 2 aromatic heterocycles. The molecule has 7 nitrogen and oxygen atoms in total. The molecule has 0 unspecified atom stereocenters. The minimum Gasteiger partial charge on any atom is -0.288 e. The van der Waals surface area contributed by atoms with Gasteiger partial charge in [0.2, 0.25) is 11.2 Å². The third-order valence-electron chi connectivity index (χ3n) is 3.09. The van der Waals surface area contributed by atoms with E-state index in [1.807, 2.05) is 13.0 Å². The first kappa shape index (κ1) is 17.9. The molecule has 2 aromatic rings. The molecule has 0 bridgehead atoms. The third-order valence-corrected chi connectivity index (χ3v) is 4.08. The maximum atomic E-state index is 12.0. The highest BCUT2D eigenvalue weighted by Crippen LogP contribution is 2.21. The van der Waals surface area contributed by atoms with Crippen molar-refractivity contribution in [3.8, 4) is 6.07 Å². The molecule has 1 amide bonds. The Morgan fingerprint density at radius 2 is 2.29 bits per heavy atom. The lowest BCUT2D eigenvalue weighted by Crippen LogP contribution is -2.32. The van der Waals surface area contributed by atoms with Gasteiger partial charge < -0.3 is 0 Å². The first-order valence-electron chi connectivity index (χ1n) is 7.71. The van der Waals surface area contributed by atoms with Gasteiger partial charge in [-0.05, 0) is 31.4 Å². The summed E-state index contributed by atoms with van der Waals surface area (Å²) in [5.41, 5.74) is 1.40. The van der Waals surface area contributed by atoms with Crippen LogP contribution in [0.4, 0.5) is 5.88 Å². The molecule has 2 rings (SSSR count). The van der Waals surface area contributed by atoms with Crippen LogP contribution in [0.25, 0.3) is 0 Å². The number of pyridine rings is 1. The van der Waals surface area contributed by atoms with Crippen LogP contribution in [0, 0.1) is 17.2 Å². The van der Waals surface area contributed by atoms with Crippen LogP contribution in [-0.4, -0.2) is 21.9 Å². The lowest BCUT2D eigenvalue weighted by Gasteiger charge is -2.08. The summed E-state index contributed by atoms with van der Waals surface area (Å²) in [6, 6.07) is 5.73. The Hall–Kier alpha value is -2.40. The molecule has 2 heterocycles. The summed E-state index contributed by atoms with van der Waals surface area (Å²) in [4.78, 5) is 16.5. The van der Waals surface area contributed by atoms with Crippen LogP contribution >= 0.6 is 11.8 Å². The monoisotopic (exact) mass is 346 g/mol. The van der Waals surface area contributed by atoms with Crippen molar-refractivity contribution in [1.29, 1.82) is 5.26 Å². The summed E-state index contributed by atoms with van der Waals surface area (Å²) < 4.78 is 6.57. The van der Waals surface area contributed by atoms with Gasteiger partial charge in [0.25, 0.3) is 6.20 Å². The van der Waals surface area contributed by atoms with E-state index in [0.717, 1.165) is 12.1 Å². The van der Waals surface area contributed by atoms with Crippen molar-refractivity contribution < 1.29 is 14.0 Å². The van der Waals surface area contributed by atoms with Gasteiger partial charge in [0.1, 0.15) is 11.1 Å². The second-order valence-electron chi connectivity index (χ2n) is 5.62. The maximum Gasteiger partial charge on any atom is 0.302 e. The normalized spacial score (nSPS) is 10.6. The number of hydrogen-bond acceptors (Lipinski definition) is 6. The van der Waals surface area contributed by atoms with Crippen molar-refractivity contribution in [2.24, 2.45) is 5.92 Å². The minimum absolute atomic E-state index is 0.139. The zero-order valence-electron chi connectivity index (χ0n) is 13.9. The molecule has 0 radical (unpaired) electrons. The fraction of sp³-hybridized carbons (Fsp3) is 0.438. The number of nitrogens with zero attached hydrogens (tertiary/aromatic N) is 4. The number of amides is 1. The number of carbonyl (C=O) groups excluding carboxylic acids is 1. The molecule has 0 saturated carbocycles. The zero-order chi connectivity index (χ0) is 17.5. The summed E-state index contributed by atoms with van der Waals surface area (Å²) in [6.45, 7) is 6.80. The Morgan fingerprint density at radius 3 is 2.92 bits per heavy atom. The van der Waals surface area contributed by atoms with Gasteiger partial charge in [-0.3, -0.25) is 14.6 Å². The first-order chi connectivity index (χ1) is 11.5. The molecular weight excluding hydrogens is 326 g/mol. The Kier molecular flexibility index (Phi) is 6.32. The topological polar surface area (TPSA) is 95.7 Å². The number of nitriles is 1. The van der Waals surface area contributed by atoms with Crippen LogP contribution in [0.2, 0.25) is 0 Å². The van der Waals surface area contributed by atoms with Crippen LogP contribution in [-0.2, 0) is 17.8 Å². The average Bonchev–Trinajstić information content (AvgIpc) is 3.00. The quantitative estimate of drug-likeness (QED) is 0.610. The molecule has 0 fully saturated rings. The molecule has 1 N–H and O–H groups in total. The molecule has 0 spiro atoms. The number of aryl methyl sites for hydroxylation is 1. The molecule has 8 heteroatoms. The minimum atomic E-state index is -0.237. The van der Waals surface area contributed by atoms with Crippen molar-refractivity contribution in [3.63, 3.8) is 0 Å². The number of carbonyl (C=O) groups is 1. The number of nitrogens with one attached hydrogen (secondary N) is 1. The molecule has 0 aliphatic heterocycles. The highest BCUT2D eigenvalue weighted by Gasteiger charge is 2.14. The SMILES string of the molecule is CC[n+]1cc(NC(=O)CSc2nc(CC(C)C)ccc2C#N)on1. The molecule has 24 heavy (non-hydrogen) atoms. The predicted octanol–water partition coefficient (Wildman–Crippen LogP) is 2.18. The summed E-state index contributed by atoms with van der Waals surface area (Å²) in [5, 5.41) is 16.1. The molecule has 126 valence electrons. The van der Waals surface area contributed by atoms with Gasteiger partial charge >= 0.3 is 5.88 Å². The number of anilines is 1. The largest absolute Gasteiger partial charge is 0.302 e. The predicted molar refractivity (Wildman–Crippen MR) is 89.2 cm³/mol. The van der Waals surface area contributed by atoms with Crippen LogP contribution < -0.4 is 10.00 Å². The van der Waals surface area contributed by atoms with Crippen molar-refractivity contribution in [3.05, 3.63) is 29.6 Å². The van der Waals surface area contributed by atoms with Gasteiger partial charge in [-0.25, -0.2) is 4.98 Å². The lowest BCUT2D eigenvalue weighted by atomic mass is 10.1. The van der Waals surface area contributed by atoms with E-state index in [0.29, 0.717) is 28.9 Å². The van der Waals surface area contributed by atoms with E-state index in [2.05, 4.69) is 35.5 Å². The number of hydrogen-bond donors (Lipinski definition) is 1. The number of thioether (sulfide) groups is 1. The molecule has 0 aliphatic carbocycles. The second-order valence-corrected chi connectivity index (χ2v) is 6.59. The zero-order valence-corrected chi connectivity index (χ0v) is 14.8. The summed E-state index contributed by atoms with van der Waals surface area (Å²) >= 11 is 1.24. The molecule has 0 atom stereocenters. The average molecular weight is 346 g/mol. The fourth-order valence-corrected chi connectivity index (χ4v) is 2.79. The summed E-state index contributed by atoms with van der Waals surface area (Å²) in [5.74, 6) is 0.673. The Balaban J connectivity index is 1.99. The number of aromatic nitrogens is 3. The summed E-state index contributed by atoms with van der Waals surface area (Å²) in [7, 11) is 0. The van der Waals surface area contributed by atoms with Crippen molar-refractivity contribution in [2.75, 3.05) is 11.1 Å². The van der Waals surface area contributed by atoms with Crippen LogP contribution in [0.3, 0.4) is 0 Å². The highest BCUT2D eigenvalue weighted by atomic mass is 32.2. The van der Waals surface area contributed by atoms with E-state index >= 15 is 0 Å². The Morgan fingerprint density at radius 1 is 1.50 bits per heavy atom. The van der Waals surface area contributed by atoms with Crippen molar-refractivity contribution in [2.45, 2.75) is 38.8 Å². The van der Waals surface area contributed by atoms with Gasteiger partial charge in [0, 0.05) is 5.69 Å². The molecule has 0 saturated heterocycles. The Labute approximate surface area is 145 Å². The van der Waals surface area contributed by atoms with Crippen molar-refractivity contribution in [1.82, 2.24) is 10.3 Å². The van der Waals surface area contributed by atoms with E-state index in [-0.39, 0.29) is 11.7 Å². The lowest BCUT2D eigenvalue weighted by molar-refractivity contribution is -0.759. The second kappa shape index (κ2) is 8.45. The van der Waals surface area contributed by atoms with Crippen LogP contribution in [0.1, 0.15) is 32.0 Å². The van der Waals surface area contributed by atoms with E-state index in [1.165, 1.54) is 11.8 Å². The van der Waals surface area contributed by atoms with E-state index in [4.69, 9.17) is 4.52 Å². The highest BCUT2D eigenvalue weighted by molar-refractivity contribution is 8.00. The van der Waals surface area contributed by atoms with E-state index < -0.39 is 0 Å². The first-order valence-corrected chi connectivity index (χ1v) is 8.69. The van der Waals surface area contributed by atoms with Crippen LogP contribution in [0.5, 0.6) is 0 Å². The third kappa shape index (κ3) is 5.06. The standard InChI is InChI=1S/C16H19N5O2S/c1-4-21-9-15(23-20-21)19-14(22)10-24-16-12(8-17)5-6-13(18-16)7-11(2)3/h5-6,9,11H,4,7,10H2,1-3H3/p+1. The maximum absolute atomic E-state index is 12.0. The van der Waals surface area contributed by atoms with Gasteiger partial charge in [-0.1, -0.05) is 30.3 Å². The van der Waals surface area contributed by atoms with Gasteiger partial charge in [-0.15, -0.1) is 0 Å². The van der Waals surface area contributed by atoms with Crippen LogP contribution in [0.15, 0.2) is 27.9 Å². The Bertz CT molecular complexity index is 751. The van der Waals surface area contributed by atoms with Gasteiger partial charge in [0.05, 0.1) is 11.3 Å². The number of rotatable bonds is 7. The van der Waals surface area contributed by atoms with E-state index in [1.54, 1.807) is 16.9 Å². The smallest absolute Gasteiger partial charge is 0.288 e. The van der Waals surface area contributed by atoms with Crippen molar-refractivity contribution >= 4 is 23.6 Å². The molecule has 0 aliphatic rings. The van der Waals surface area contributed by atoms with E-state index in [9.17, 15) is 10.1 Å². The molecule has 0 aromatic carbocycles.